The predicted molar refractivity (Wildman–Crippen MR) is 258 cm³/mol. The van der Waals surface area contributed by atoms with Crippen molar-refractivity contribution in [2.75, 3.05) is 0 Å². The molecule has 0 aliphatic rings. The minimum Gasteiger partial charge on any atom is -0.309 e. The van der Waals surface area contributed by atoms with Gasteiger partial charge in [0.05, 0.1) is 33.1 Å². The molecular formula is C58H37N3. The van der Waals surface area contributed by atoms with Gasteiger partial charge in [0.2, 0.25) is 0 Å². The van der Waals surface area contributed by atoms with E-state index >= 15 is 0 Å². The molecule has 13 aromatic rings. The van der Waals surface area contributed by atoms with E-state index in [4.69, 9.17) is 0 Å². The smallest absolute Gasteiger partial charge is 0.0625 e. The Labute approximate surface area is 352 Å². The second-order valence-electron chi connectivity index (χ2n) is 16.1. The van der Waals surface area contributed by atoms with Gasteiger partial charge in [-0.1, -0.05) is 146 Å². The summed E-state index contributed by atoms with van der Waals surface area (Å²) < 4.78 is 7.32. The van der Waals surface area contributed by atoms with Gasteiger partial charge in [-0.25, -0.2) is 0 Å². The van der Waals surface area contributed by atoms with Gasteiger partial charge < -0.3 is 13.7 Å². The summed E-state index contributed by atoms with van der Waals surface area (Å²) in [6.45, 7) is 0. The Hall–Kier alpha value is -8.14. The van der Waals surface area contributed by atoms with Crippen LogP contribution in [0.25, 0.3) is 116 Å². The molecule has 3 heteroatoms. The number of fused-ring (bicyclic) bond motifs is 10. The number of benzene rings is 10. The number of nitrogens with zero attached hydrogens (tertiary/aromatic N) is 3. The van der Waals surface area contributed by atoms with E-state index in [-0.39, 0.29) is 0 Å². The zero-order chi connectivity index (χ0) is 40.0. The third kappa shape index (κ3) is 5.04. The van der Waals surface area contributed by atoms with Gasteiger partial charge >= 0.3 is 0 Å². The first-order valence-corrected chi connectivity index (χ1v) is 21.0. The van der Waals surface area contributed by atoms with Crippen molar-refractivity contribution < 1.29 is 0 Å². The van der Waals surface area contributed by atoms with E-state index < -0.39 is 0 Å². The van der Waals surface area contributed by atoms with Crippen LogP contribution in [-0.2, 0) is 0 Å². The molecule has 0 saturated carbocycles. The van der Waals surface area contributed by atoms with E-state index in [1.165, 1.54) is 98.4 Å². The molecule has 3 heterocycles. The molecule has 13 rings (SSSR count). The molecule has 3 nitrogen and oxygen atoms in total. The summed E-state index contributed by atoms with van der Waals surface area (Å²) >= 11 is 0. The summed E-state index contributed by atoms with van der Waals surface area (Å²) in [6, 6.07) is 82.3. The highest BCUT2D eigenvalue weighted by atomic mass is 15.0. The highest BCUT2D eigenvalue weighted by Crippen LogP contribution is 2.45. The third-order valence-corrected chi connectivity index (χ3v) is 12.8. The fraction of sp³-hybridized carbons (Fsp3) is 0. The standard InChI is InChI=1S/C58H37N3/c1-3-15-38(16-4-1)39-27-30-43(31-28-39)60-52-24-12-9-21-46(52)49-36-41(29-33-55(49)60)57-45-20-8-7-17-40(45)35-51-48-23-11-14-26-54(48)61(58(51)57)44-32-34-56-50(37-44)47-22-10-13-25-53(47)59(56)42-18-5-2-6-19-42/h1-37H. The van der Waals surface area contributed by atoms with Gasteiger partial charge in [0, 0.05) is 54.9 Å². The normalized spacial score (nSPS) is 11.9. The number of hydrogen-bond donors (Lipinski definition) is 0. The van der Waals surface area contributed by atoms with Crippen molar-refractivity contribution in [3.05, 3.63) is 224 Å². The molecule has 284 valence electrons. The maximum atomic E-state index is 2.52. The Bertz CT molecular complexity index is 3850. The van der Waals surface area contributed by atoms with Crippen LogP contribution >= 0.6 is 0 Å². The molecule has 0 amide bonds. The summed E-state index contributed by atoms with van der Waals surface area (Å²) in [5, 5.41) is 9.91. The van der Waals surface area contributed by atoms with Crippen LogP contribution in [0.3, 0.4) is 0 Å². The molecule has 3 aromatic heterocycles. The topological polar surface area (TPSA) is 14.8 Å². The van der Waals surface area contributed by atoms with Crippen LogP contribution in [0.15, 0.2) is 224 Å². The van der Waals surface area contributed by atoms with E-state index in [0.717, 1.165) is 17.1 Å². The van der Waals surface area contributed by atoms with Gasteiger partial charge in [-0.15, -0.1) is 0 Å². The minimum absolute atomic E-state index is 1.14. The number of hydrogen-bond acceptors (Lipinski definition) is 0. The van der Waals surface area contributed by atoms with Crippen molar-refractivity contribution in [3.8, 4) is 39.3 Å². The summed E-state index contributed by atoms with van der Waals surface area (Å²) in [4.78, 5) is 0. The van der Waals surface area contributed by atoms with Crippen molar-refractivity contribution in [1.82, 2.24) is 13.7 Å². The molecule has 10 aromatic carbocycles. The maximum Gasteiger partial charge on any atom is 0.0625 e. The highest BCUT2D eigenvalue weighted by Gasteiger charge is 2.22. The molecule has 0 aliphatic carbocycles. The summed E-state index contributed by atoms with van der Waals surface area (Å²) in [5.41, 5.74) is 15.5. The van der Waals surface area contributed by atoms with E-state index in [0.29, 0.717) is 0 Å². The van der Waals surface area contributed by atoms with Crippen molar-refractivity contribution in [3.63, 3.8) is 0 Å². The lowest BCUT2D eigenvalue weighted by Gasteiger charge is -2.15. The van der Waals surface area contributed by atoms with E-state index in [2.05, 4.69) is 238 Å². The first kappa shape index (κ1) is 33.8. The Morgan fingerprint density at radius 2 is 0.672 bits per heavy atom. The van der Waals surface area contributed by atoms with E-state index in [1.807, 2.05) is 0 Å². The second-order valence-corrected chi connectivity index (χ2v) is 16.1. The molecular weight excluding hydrogens is 739 g/mol. The third-order valence-electron chi connectivity index (χ3n) is 12.8. The largest absolute Gasteiger partial charge is 0.309 e. The van der Waals surface area contributed by atoms with Gasteiger partial charge in [-0.05, 0) is 106 Å². The van der Waals surface area contributed by atoms with Crippen molar-refractivity contribution in [2.24, 2.45) is 0 Å². The van der Waals surface area contributed by atoms with Crippen LogP contribution < -0.4 is 0 Å². The lowest BCUT2D eigenvalue weighted by atomic mass is 9.93. The van der Waals surface area contributed by atoms with E-state index in [1.54, 1.807) is 0 Å². The SMILES string of the molecule is c1ccc(-c2ccc(-n3c4ccccc4c4cc(-c5c6ccccc6cc6c7ccccc7n(-c7ccc8c(c7)c7ccccc7n8-c7ccccc7)c56)ccc43)cc2)cc1. The molecule has 61 heavy (non-hydrogen) atoms. The maximum absolute atomic E-state index is 2.52. The molecule has 0 atom stereocenters. The monoisotopic (exact) mass is 775 g/mol. The van der Waals surface area contributed by atoms with Crippen molar-refractivity contribution in [1.29, 1.82) is 0 Å². The zero-order valence-corrected chi connectivity index (χ0v) is 33.2. The predicted octanol–water partition coefficient (Wildman–Crippen LogP) is 15.5. The Kier molecular flexibility index (Phi) is 7.31. The molecule has 0 unspecified atom stereocenters. The van der Waals surface area contributed by atoms with Crippen LogP contribution in [0, 0.1) is 0 Å². The quantitative estimate of drug-likeness (QED) is 0.165. The van der Waals surface area contributed by atoms with Crippen LogP contribution in [-0.4, -0.2) is 13.7 Å². The van der Waals surface area contributed by atoms with Gasteiger partial charge in [-0.2, -0.15) is 0 Å². The second kappa shape index (κ2) is 13.2. The molecule has 0 N–H and O–H groups in total. The molecule has 0 radical (unpaired) electrons. The fourth-order valence-corrected chi connectivity index (χ4v) is 10.1. The van der Waals surface area contributed by atoms with Gasteiger partial charge in [0.1, 0.15) is 0 Å². The van der Waals surface area contributed by atoms with Crippen LogP contribution in [0.5, 0.6) is 0 Å². The number of para-hydroxylation sites is 4. The summed E-state index contributed by atoms with van der Waals surface area (Å²) in [7, 11) is 0. The Balaban J connectivity index is 1.08. The Morgan fingerprint density at radius 3 is 1.34 bits per heavy atom. The molecule has 0 spiro atoms. The average Bonchev–Trinajstić information content (AvgIpc) is 3.96. The first-order chi connectivity index (χ1) is 30.3. The van der Waals surface area contributed by atoms with Crippen LogP contribution in [0.1, 0.15) is 0 Å². The van der Waals surface area contributed by atoms with Gasteiger partial charge in [0.15, 0.2) is 0 Å². The van der Waals surface area contributed by atoms with Crippen molar-refractivity contribution in [2.45, 2.75) is 0 Å². The molecule has 0 bridgehead atoms. The summed E-state index contributed by atoms with van der Waals surface area (Å²) in [5.74, 6) is 0. The number of rotatable bonds is 5. The lowest BCUT2D eigenvalue weighted by Crippen LogP contribution is -1.97. The van der Waals surface area contributed by atoms with Crippen LogP contribution in [0.2, 0.25) is 0 Å². The average molecular weight is 776 g/mol. The van der Waals surface area contributed by atoms with Crippen molar-refractivity contribution >= 4 is 76.2 Å². The van der Waals surface area contributed by atoms with E-state index in [9.17, 15) is 0 Å². The minimum atomic E-state index is 1.14. The summed E-state index contributed by atoms with van der Waals surface area (Å²) in [6.07, 6.45) is 0. The first-order valence-electron chi connectivity index (χ1n) is 21.0. The fourth-order valence-electron chi connectivity index (χ4n) is 10.1. The molecule has 0 fully saturated rings. The zero-order valence-electron chi connectivity index (χ0n) is 33.2. The number of aromatic nitrogens is 3. The molecule has 0 saturated heterocycles. The van der Waals surface area contributed by atoms with Gasteiger partial charge in [0.25, 0.3) is 0 Å². The van der Waals surface area contributed by atoms with Gasteiger partial charge in [-0.3, -0.25) is 0 Å². The molecule has 0 aliphatic heterocycles. The highest BCUT2D eigenvalue weighted by molar-refractivity contribution is 6.22. The van der Waals surface area contributed by atoms with Crippen LogP contribution in [0.4, 0.5) is 0 Å². The Morgan fingerprint density at radius 1 is 0.230 bits per heavy atom. The lowest BCUT2D eigenvalue weighted by molar-refractivity contribution is 1.17.